The highest BCUT2D eigenvalue weighted by atomic mass is 32.2. The number of benzene rings is 2. The van der Waals surface area contributed by atoms with Crippen molar-refractivity contribution in [3.63, 3.8) is 0 Å². The van der Waals surface area contributed by atoms with Crippen LogP contribution in [0.1, 0.15) is 23.6 Å². The van der Waals surface area contributed by atoms with Gasteiger partial charge in [-0.1, -0.05) is 18.1 Å². The third kappa shape index (κ3) is 5.96. The number of aryl methyl sites for hydroxylation is 2. The minimum absolute atomic E-state index is 0.0997. The van der Waals surface area contributed by atoms with Crippen molar-refractivity contribution >= 4 is 40.6 Å². The van der Waals surface area contributed by atoms with Crippen molar-refractivity contribution in [1.29, 1.82) is 0 Å². The number of rotatable bonds is 8. The summed E-state index contributed by atoms with van der Waals surface area (Å²) in [5.74, 6) is 2.39. The maximum absolute atomic E-state index is 12.8. The first-order chi connectivity index (χ1) is 15.8. The molecule has 1 N–H and O–H groups in total. The van der Waals surface area contributed by atoms with Gasteiger partial charge in [-0.25, -0.2) is 0 Å². The highest BCUT2D eigenvalue weighted by molar-refractivity contribution is 8.18. The second-order valence-electron chi connectivity index (χ2n) is 7.25. The number of thioether (sulfide) groups is 1. The van der Waals surface area contributed by atoms with E-state index < -0.39 is 17.1 Å². The van der Waals surface area contributed by atoms with E-state index in [1.165, 1.54) is 0 Å². The Hall–Kier alpha value is -3.70. The van der Waals surface area contributed by atoms with Crippen molar-refractivity contribution in [2.24, 2.45) is 0 Å². The van der Waals surface area contributed by atoms with E-state index in [9.17, 15) is 14.4 Å². The van der Waals surface area contributed by atoms with Crippen LogP contribution in [0, 0.1) is 26.2 Å². The van der Waals surface area contributed by atoms with Gasteiger partial charge in [-0.05, 0) is 79.6 Å². The minimum Gasteiger partial charge on any atom is -0.490 e. The Morgan fingerprint density at radius 3 is 2.61 bits per heavy atom. The monoisotopic (exact) mass is 464 g/mol. The average Bonchev–Trinajstić information content (AvgIpc) is 3.03. The van der Waals surface area contributed by atoms with Crippen LogP contribution in [0.25, 0.3) is 6.08 Å². The summed E-state index contributed by atoms with van der Waals surface area (Å²) in [4.78, 5) is 38.8. The third-order valence-corrected chi connectivity index (χ3v) is 5.75. The van der Waals surface area contributed by atoms with Crippen molar-refractivity contribution < 1.29 is 23.9 Å². The number of carbonyl (C=O) groups excluding carboxylic acids is 3. The summed E-state index contributed by atoms with van der Waals surface area (Å²) in [7, 11) is 0. The molecule has 0 unspecified atom stereocenters. The van der Waals surface area contributed by atoms with Gasteiger partial charge in [-0.2, -0.15) is 0 Å². The molecule has 1 aliphatic rings. The predicted octanol–water partition coefficient (Wildman–Crippen LogP) is 4.39. The summed E-state index contributed by atoms with van der Waals surface area (Å²) in [5, 5.41) is 2.23. The van der Waals surface area contributed by atoms with E-state index in [1.54, 1.807) is 30.3 Å². The zero-order valence-electron chi connectivity index (χ0n) is 18.6. The largest absolute Gasteiger partial charge is 0.490 e. The van der Waals surface area contributed by atoms with E-state index in [0.29, 0.717) is 29.4 Å². The molecular formula is C25H24N2O5S. The fourth-order valence-electron chi connectivity index (χ4n) is 3.07. The van der Waals surface area contributed by atoms with Gasteiger partial charge in [0.15, 0.2) is 11.5 Å². The van der Waals surface area contributed by atoms with Crippen molar-refractivity contribution in [2.75, 3.05) is 25.1 Å². The number of terminal acetylenes is 1. The molecule has 0 saturated carbocycles. The van der Waals surface area contributed by atoms with Crippen LogP contribution < -0.4 is 14.8 Å². The Morgan fingerprint density at radius 2 is 1.91 bits per heavy atom. The number of carbonyl (C=O) groups is 3. The second kappa shape index (κ2) is 10.7. The van der Waals surface area contributed by atoms with Crippen LogP contribution in [-0.4, -0.2) is 41.7 Å². The average molecular weight is 465 g/mol. The number of anilines is 1. The van der Waals surface area contributed by atoms with Crippen molar-refractivity contribution in [2.45, 2.75) is 20.8 Å². The van der Waals surface area contributed by atoms with Crippen LogP contribution in [-0.2, 0) is 9.59 Å². The molecule has 1 fully saturated rings. The fraction of sp³-hybridized carbons (Fsp3) is 0.240. The molecule has 1 heterocycles. The molecule has 3 rings (SSSR count). The van der Waals surface area contributed by atoms with Gasteiger partial charge in [-0.3, -0.25) is 19.3 Å². The van der Waals surface area contributed by atoms with E-state index in [0.717, 1.165) is 27.8 Å². The standard InChI is InChI=1S/C25H24N2O5S/c1-5-11-32-20-10-8-18(13-21(20)31-6-2)14-22-24(29)27(25(30)33-22)15-23(28)26-19-9-7-16(3)17(4)12-19/h1,7-10,12-14H,6,11,15H2,2-4H3,(H,26,28). The van der Waals surface area contributed by atoms with Crippen LogP contribution in [0.3, 0.4) is 0 Å². The molecule has 2 aromatic carbocycles. The molecule has 3 amide bonds. The fourth-order valence-corrected chi connectivity index (χ4v) is 3.91. The SMILES string of the molecule is C#CCOc1ccc(C=C2SC(=O)N(CC(=O)Nc3ccc(C)c(C)c3)C2=O)cc1OCC. The highest BCUT2D eigenvalue weighted by Crippen LogP contribution is 2.34. The lowest BCUT2D eigenvalue weighted by Crippen LogP contribution is -2.36. The van der Waals surface area contributed by atoms with Crippen LogP contribution >= 0.6 is 11.8 Å². The van der Waals surface area contributed by atoms with Gasteiger partial charge < -0.3 is 14.8 Å². The minimum atomic E-state index is -0.522. The lowest BCUT2D eigenvalue weighted by atomic mass is 10.1. The molecule has 2 aromatic rings. The number of hydrogen-bond donors (Lipinski definition) is 1. The highest BCUT2D eigenvalue weighted by Gasteiger charge is 2.36. The first kappa shape index (κ1) is 24.0. The maximum Gasteiger partial charge on any atom is 0.294 e. The van der Waals surface area contributed by atoms with Gasteiger partial charge in [-0.15, -0.1) is 6.42 Å². The molecule has 0 radical (unpaired) electrons. The topological polar surface area (TPSA) is 84.9 Å². The third-order valence-electron chi connectivity index (χ3n) is 4.84. The molecule has 0 atom stereocenters. The Balaban J connectivity index is 1.72. The quantitative estimate of drug-likeness (QED) is 0.461. The van der Waals surface area contributed by atoms with Gasteiger partial charge in [0.1, 0.15) is 13.2 Å². The summed E-state index contributed by atoms with van der Waals surface area (Å²) < 4.78 is 11.1. The summed E-state index contributed by atoms with van der Waals surface area (Å²) >= 11 is 0.787. The molecule has 170 valence electrons. The summed E-state index contributed by atoms with van der Waals surface area (Å²) in [5.41, 5.74) is 3.40. The van der Waals surface area contributed by atoms with Crippen LogP contribution in [0.2, 0.25) is 0 Å². The van der Waals surface area contributed by atoms with Crippen LogP contribution in [0.4, 0.5) is 10.5 Å². The van der Waals surface area contributed by atoms with Gasteiger partial charge in [0, 0.05) is 5.69 Å². The molecule has 0 bridgehead atoms. The Morgan fingerprint density at radius 1 is 1.12 bits per heavy atom. The van der Waals surface area contributed by atoms with Gasteiger partial charge in [0.05, 0.1) is 11.5 Å². The lowest BCUT2D eigenvalue weighted by molar-refractivity contribution is -0.127. The number of nitrogens with one attached hydrogen (secondary N) is 1. The van der Waals surface area contributed by atoms with Crippen molar-refractivity contribution in [3.8, 4) is 23.8 Å². The predicted molar refractivity (Wildman–Crippen MR) is 129 cm³/mol. The van der Waals surface area contributed by atoms with Crippen molar-refractivity contribution in [1.82, 2.24) is 4.90 Å². The molecule has 0 aromatic heterocycles. The lowest BCUT2D eigenvalue weighted by Gasteiger charge is -2.13. The van der Waals surface area contributed by atoms with Crippen LogP contribution in [0.15, 0.2) is 41.3 Å². The van der Waals surface area contributed by atoms with E-state index in [1.807, 2.05) is 32.9 Å². The maximum atomic E-state index is 12.8. The Bertz CT molecular complexity index is 1170. The Kier molecular flexibility index (Phi) is 7.80. The number of hydrogen-bond acceptors (Lipinski definition) is 6. The normalized spacial score (nSPS) is 14.4. The number of amides is 3. The zero-order valence-corrected chi connectivity index (χ0v) is 19.5. The molecule has 1 aliphatic heterocycles. The van der Waals surface area contributed by atoms with Crippen LogP contribution in [0.5, 0.6) is 11.5 Å². The van der Waals surface area contributed by atoms with E-state index in [4.69, 9.17) is 15.9 Å². The van der Waals surface area contributed by atoms with E-state index >= 15 is 0 Å². The van der Waals surface area contributed by atoms with E-state index in [-0.39, 0.29) is 18.1 Å². The number of imide groups is 1. The second-order valence-corrected chi connectivity index (χ2v) is 8.24. The van der Waals surface area contributed by atoms with Gasteiger partial charge in [0.2, 0.25) is 5.91 Å². The summed E-state index contributed by atoms with van der Waals surface area (Å²) in [6.45, 7) is 5.91. The smallest absolute Gasteiger partial charge is 0.294 e. The van der Waals surface area contributed by atoms with Gasteiger partial charge in [0.25, 0.3) is 11.1 Å². The Labute approximate surface area is 197 Å². The molecule has 33 heavy (non-hydrogen) atoms. The molecular weight excluding hydrogens is 440 g/mol. The number of ether oxygens (including phenoxy) is 2. The molecule has 1 saturated heterocycles. The number of nitrogens with zero attached hydrogens (tertiary/aromatic N) is 1. The van der Waals surface area contributed by atoms with Gasteiger partial charge >= 0.3 is 0 Å². The van der Waals surface area contributed by atoms with Crippen molar-refractivity contribution in [3.05, 3.63) is 58.0 Å². The first-order valence-corrected chi connectivity index (χ1v) is 11.1. The van der Waals surface area contributed by atoms with E-state index in [2.05, 4.69) is 11.2 Å². The first-order valence-electron chi connectivity index (χ1n) is 10.3. The molecule has 8 heteroatoms. The molecule has 0 spiro atoms. The summed E-state index contributed by atoms with van der Waals surface area (Å²) in [6, 6.07) is 10.6. The molecule has 7 nitrogen and oxygen atoms in total. The molecule has 0 aliphatic carbocycles. The zero-order chi connectivity index (χ0) is 24.0. The summed E-state index contributed by atoms with van der Waals surface area (Å²) in [6.07, 6.45) is 6.82.